The van der Waals surface area contributed by atoms with E-state index in [-0.39, 0.29) is 23.5 Å². The number of hydrogen-bond acceptors (Lipinski definition) is 5. The molecule has 0 spiro atoms. The first-order valence-corrected chi connectivity index (χ1v) is 7.81. The Balaban J connectivity index is 1.78. The van der Waals surface area contributed by atoms with Gasteiger partial charge in [0.05, 0.1) is 18.7 Å². The van der Waals surface area contributed by atoms with Gasteiger partial charge in [-0.2, -0.15) is 0 Å². The lowest BCUT2D eigenvalue weighted by Gasteiger charge is -2.25. The second-order valence-electron chi connectivity index (χ2n) is 5.30. The van der Waals surface area contributed by atoms with Crippen molar-refractivity contribution in [2.45, 2.75) is 25.5 Å². The van der Waals surface area contributed by atoms with Crippen LogP contribution in [0.25, 0.3) is 0 Å². The van der Waals surface area contributed by atoms with Crippen molar-refractivity contribution in [3.8, 4) is 5.75 Å². The minimum atomic E-state index is -0.893. The van der Waals surface area contributed by atoms with Crippen molar-refractivity contribution in [1.82, 2.24) is 16.2 Å². The van der Waals surface area contributed by atoms with E-state index in [0.29, 0.717) is 18.0 Å². The van der Waals surface area contributed by atoms with Gasteiger partial charge in [-0.3, -0.25) is 20.4 Å². The molecule has 4 N–H and O–H groups in total. The Morgan fingerprint density at radius 1 is 1.42 bits per heavy atom. The average Bonchev–Trinajstić information content (AvgIpc) is 2.54. The molecule has 0 fully saturated rings. The molecular weight excluding hydrogens is 332 g/mol. The van der Waals surface area contributed by atoms with Crippen LogP contribution >= 0.6 is 12.2 Å². The molecule has 1 aromatic rings. The molecule has 1 aliphatic rings. The Labute approximate surface area is 145 Å². The quantitative estimate of drug-likeness (QED) is 0.447. The number of anilines is 1. The van der Waals surface area contributed by atoms with Crippen LogP contribution in [-0.2, 0) is 14.3 Å². The fraction of sp³-hybridized carbons (Fsp3) is 0.400. The van der Waals surface area contributed by atoms with Gasteiger partial charge in [0.15, 0.2) is 11.2 Å². The highest BCUT2D eigenvalue weighted by atomic mass is 32.1. The maximum absolute atomic E-state index is 12.0. The normalized spacial score (nSPS) is 16.9. The van der Waals surface area contributed by atoms with Crippen molar-refractivity contribution < 1.29 is 19.1 Å². The van der Waals surface area contributed by atoms with Crippen LogP contribution in [0.4, 0.5) is 5.69 Å². The lowest BCUT2D eigenvalue weighted by Crippen LogP contribution is -2.51. The van der Waals surface area contributed by atoms with Gasteiger partial charge < -0.3 is 20.1 Å². The van der Waals surface area contributed by atoms with Crippen molar-refractivity contribution in [2.75, 3.05) is 19.0 Å². The van der Waals surface area contributed by atoms with Crippen LogP contribution in [0.15, 0.2) is 24.3 Å². The summed E-state index contributed by atoms with van der Waals surface area (Å²) in [5.41, 5.74) is 5.59. The molecule has 8 nitrogen and oxygen atoms in total. The first kappa shape index (κ1) is 18.0. The van der Waals surface area contributed by atoms with Gasteiger partial charge >= 0.3 is 0 Å². The zero-order chi connectivity index (χ0) is 17.5. The number of amides is 2. The lowest BCUT2D eigenvalue weighted by molar-refractivity contribution is -0.130. The summed E-state index contributed by atoms with van der Waals surface area (Å²) >= 11 is 5.04. The fourth-order valence-electron chi connectivity index (χ4n) is 2.12. The number of rotatable bonds is 5. The lowest BCUT2D eigenvalue weighted by atomic mass is 10.1. The number of para-hydroxylation sites is 2. The van der Waals surface area contributed by atoms with Gasteiger partial charge in [-0.05, 0) is 31.3 Å². The molecule has 1 heterocycles. The van der Waals surface area contributed by atoms with Crippen LogP contribution in [0.3, 0.4) is 0 Å². The standard InChI is InChI=1S/C15H20N4O4S/c1-9(8-22-2)16-15(24)19-18-13(20)7-12-14(21)17-10-5-3-4-6-11(10)23-12/h3-6,9,12H,7-8H2,1-2H3,(H,17,21)(H,18,20)(H2,16,19,24)/t9-,12-/m1/s1. The molecule has 1 aliphatic heterocycles. The third-order valence-corrected chi connectivity index (χ3v) is 3.41. The number of fused-ring (bicyclic) bond motifs is 1. The second-order valence-corrected chi connectivity index (χ2v) is 5.71. The van der Waals surface area contributed by atoms with Gasteiger partial charge in [0.25, 0.3) is 5.91 Å². The Kier molecular flexibility index (Phi) is 6.33. The molecule has 0 aliphatic carbocycles. The average molecular weight is 352 g/mol. The van der Waals surface area contributed by atoms with E-state index in [9.17, 15) is 9.59 Å². The first-order chi connectivity index (χ1) is 11.5. The molecular formula is C15H20N4O4S. The predicted octanol–water partition coefficient (Wildman–Crippen LogP) is 0.306. The maximum Gasteiger partial charge on any atom is 0.266 e. The van der Waals surface area contributed by atoms with Crippen LogP contribution in [0.5, 0.6) is 5.75 Å². The Morgan fingerprint density at radius 2 is 2.17 bits per heavy atom. The van der Waals surface area contributed by atoms with E-state index >= 15 is 0 Å². The van der Waals surface area contributed by atoms with Crippen LogP contribution in [0, 0.1) is 0 Å². The maximum atomic E-state index is 12.0. The van der Waals surface area contributed by atoms with E-state index in [1.54, 1.807) is 31.4 Å². The molecule has 0 aromatic heterocycles. The van der Waals surface area contributed by atoms with Crippen molar-refractivity contribution in [3.05, 3.63) is 24.3 Å². The largest absolute Gasteiger partial charge is 0.478 e. The van der Waals surface area contributed by atoms with Gasteiger partial charge in [0.1, 0.15) is 5.75 Å². The summed E-state index contributed by atoms with van der Waals surface area (Å²) in [5, 5.41) is 5.89. The summed E-state index contributed by atoms with van der Waals surface area (Å²) in [5.74, 6) is -0.246. The number of hydrazine groups is 1. The first-order valence-electron chi connectivity index (χ1n) is 7.40. The van der Waals surface area contributed by atoms with E-state index in [1.165, 1.54) is 0 Å². The van der Waals surface area contributed by atoms with Crippen molar-refractivity contribution in [1.29, 1.82) is 0 Å². The molecule has 0 saturated heterocycles. The number of methoxy groups -OCH3 is 1. The highest BCUT2D eigenvalue weighted by molar-refractivity contribution is 7.80. The van der Waals surface area contributed by atoms with Crippen LogP contribution in [0.2, 0.25) is 0 Å². The molecule has 130 valence electrons. The summed E-state index contributed by atoms with van der Waals surface area (Å²) in [6.45, 7) is 2.36. The fourth-order valence-corrected chi connectivity index (χ4v) is 2.38. The van der Waals surface area contributed by atoms with Gasteiger partial charge in [-0.1, -0.05) is 12.1 Å². The monoisotopic (exact) mass is 352 g/mol. The van der Waals surface area contributed by atoms with E-state index in [0.717, 1.165) is 0 Å². The SMILES string of the molecule is COC[C@@H](C)NC(=S)NNC(=O)C[C@H]1Oc2ccccc2NC1=O. The molecule has 1 aromatic carbocycles. The second kappa shape index (κ2) is 8.46. The minimum Gasteiger partial charge on any atom is -0.478 e. The Bertz CT molecular complexity index is 625. The minimum absolute atomic E-state index is 0.00383. The van der Waals surface area contributed by atoms with E-state index in [1.807, 2.05) is 6.92 Å². The number of hydrogen-bond donors (Lipinski definition) is 4. The van der Waals surface area contributed by atoms with Gasteiger partial charge in [-0.15, -0.1) is 0 Å². The smallest absolute Gasteiger partial charge is 0.266 e. The zero-order valence-electron chi connectivity index (χ0n) is 13.4. The number of carbonyl (C=O) groups excluding carboxylic acids is 2. The van der Waals surface area contributed by atoms with Crippen molar-refractivity contribution in [3.63, 3.8) is 0 Å². The third-order valence-electron chi connectivity index (χ3n) is 3.19. The number of thiocarbonyl (C=S) groups is 1. The summed E-state index contributed by atoms with van der Waals surface area (Å²) in [6.07, 6.45) is -1.03. The molecule has 0 bridgehead atoms. The molecule has 9 heteroatoms. The summed E-state index contributed by atoms with van der Waals surface area (Å²) in [6, 6.07) is 7.04. The molecule has 0 radical (unpaired) electrons. The van der Waals surface area contributed by atoms with E-state index in [2.05, 4.69) is 21.5 Å². The number of benzene rings is 1. The highest BCUT2D eigenvalue weighted by Crippen LogP contribution is 2.29. The third kappa shape index (κ3) is 5.07. The van der Waals surface area contributed by atoms with E-state index < -0.39 is 12.0 Å². The molecule has 2 rings (SSSR count). The highest BCUT2D eigenvalue weighted by Gasteiger charge is 2.29. The van der Waals surface area contributed by atoms with Gasteiger partial charge in [-0.25, -0.2) is 0 Å². The molecule has 2 amide bonds. The van der Waals surface area contributed by atoms with Crippen molar-refractivity contribution in [2.24, 2.45) is 0 Å². The van der Waals surface area contributed by atoms with Crippen molar-refractivity contribution >= 4 is 34.8 Å². The molecule has 24 heavy (non-hydrogen) atoms. The summed E-state index contributed by atoms with van der Waals surface area (Å²) < 4.78 is 10.5. The Morgan fingerprint density at radius 3 is 2.92 bits per heavy atom. The topological polar surface area (TPSA) is 101 Å². The van der Waals surface area contributed by atoms with Crippen LogP contribution < -0.4 is 26.2 Å². The summed E-state index contributed by atoms with van der Waals surface area (Å²) in [4.78, 5) is 23.9. The van der Waals surface area contributed by atoms with Crippen LogP contribution in [-0.4, -0.2) is 42.8 Å². The van der Waals surface area contributed by atoms with E-state index in [4.69, 9.17) is 21.7 Å². The van der Waals surface area contributed by atoms with Crippen LogP contribution in [0.1, 0.15) is 13.3 Å². The predicted molar refractivity (Wildman–Crippen MR) is 92.5 cm³/mol. The number of nitrogens with one attached hydrogen (secondary N) is 4. The number of carbonyl (C=O) groups is 2. The van der Waals surface area contributed by atoms with Gasteiger partial charge in [0.2, 0.25) is 5.91 Å². The zero-order valence-corrected chi connectivity index (χ0v) is 14.2. The molecule has 0 unspecified atom stereocenters. The number of ether oxygens (including phenoxy) is 2. The van der Waals surface area contributed by atoms with Gasteiger partial charge in [0, 0.05) is 13.2 Å². The molecule has 2 atom stereocenters. The Hall–Kier alpha value is -2.39. The molecule has 0 saturated carbocycles. The summed E-state index contributed by atoms with van der Waals surface area (Å²) in [7, 11) is 1.59.